The molecule has 6 nitrogen and oxygen atoms in total. The van der Waals surface area contributed by atoms with Gasteiger partial charge in [-0.1, -0.05) is 58.4 Å². The van der Waals surface area contributed by atoms with Gasteiger partial charge in [0.1, 0.15) is 23.0 Å². The Morgan fingerprint density at radius 2 is 1.08 bits per heavy atom. The summed E-state index contributed by atoms with van der Waals surface area (Å²) >= 11 is 0. The van der Waals surface area contributed by atoms with E-state index in [1.54, 1.807) is 24.3 Å². The molecule has 0 aliphatic rings. The molecule has 0 atom stereocenters. The normalized spacial score (nSPS) is 11.3. The molecule has 5 N–H and O–H groups in total. The molecule has 3 aromatic rings. The molecule has 0 aliphatic heterocycles. The lowest BCUT2D eigenvalue weighted by atomic mass is 9.81. The average Bonchev–Trinajstić information content (AvgIpc) is 2.89. The molecular formula is C32H42O6. The first kappa shape index (κ1) is 29.0. The van der Waals surface area contributed by atoms with Crippen molar-refractivity contribution in [1.82, 2.24) is 0 Å². The van der Waals surface area contributed by atoms with E-state index in [1.807, 2.05) is 0 Å². The van der Waals surface area contributed by atoms with Crippen molar-refractivity contribution in [2.24, 2.45) is 0 Å². The molecule has 3 aromatic carbocycles. The maximum Gasteiger partial charge on any atom is 0.160 e. The Morgan fingerprint density at radius 3 is 1.53 bits per heavy atom. The van der Waals surface area contributed by atoms with Gasteiger partial charge in [-0.25, -0.2) is 0 Å². The second-order valence-electron chi connectivity index (χ2n) is 10.1. The minimum atomic E-state index is -0.644. The van der Waals surface area contributed by atoms with Crippen LogP contribution in [0.2, 0.25) is 0 Å². The fourth-order valence-corrected chi connectivity index (χ4v) is 5.03. The van der Waals surface area contributed by atoms with Gasteiger partial charge >= 0.3 is 0 Å². The number of benzene rings is 3. The molecule has 0 fully saturated rings. The molecule has 6 heteroatoms. The molecule has 3 rings (SSSR count). The van der Waals surface area contributed by atoms with Crippen LogP contribution in [0.1, 0.15) is 98.9 Å². The monoisotopic (exact) mass is 522 g/mol. The molecule has 0 bridgehead atoms. The van der Waals surface area contributed by atoms with E-state index < -0.39 is 5.92 Å². The maximum atomic E-state index is 11.0. The lowest BCUT2D eigenvalue weighted by molar-refractivity contribution is 0.373. The smallest absolute Gasteiger partial charge is 0.160 e. The summed E-state index contributed by atoms with van der Waals surface area (Å²) in [5.41, 5.74) is 3.15. The van der Waals surface area contributed by atoms with E-state index in [0.29, 0.717) is 29.5 Å². The van der Waals surface area contributed by atoms with E-state index in [1.165, 1.54) is 25.3 Å². The summed E-state index contributed by atoms with van der Waals surface area (Å²) in [7, 11) is 1.46. The quantitative estimate of drug-likeness (QED) is 0.110. The first-order chi connectivity index (χ1) is 18.3. The number of phenols is 5. The van der Waals surface area contributed by atoms with Crippen LogP contribution in [-0.4, -0.2) is 32.6 Å². The lowest BCUT2D eigenvalue weighted by Gasteiger charge is -2.24. The van der Waals surface area contributed by atoms with Gasteiger partial charge in [0, 0.05) is 29.2 Å². The first-order valence-corrected chi connectivity index (χ1v) is 13.8. The molecular weight excluding hydrogens is 480 g/mol. The van der Waals surface area contributed by atoms with Gasteiger partial charge in [0.05, 0.1) is 7.11 Å². The number of ether oxygens (including phenoxy) is 1. The van der Waals surface area contributed by atoms with E-state index in [-0.39, 0.29) is 34.5 Å². The summed E-state index contributed by atoms with van der Waals surface area (Å²) in [5.74, 6) is -0.526. The summed E-state index contributed by atoms with van der Waals surface area (Å²) in [4.78, 5) is 0. The number of hydrogen-bond acceptors (Lipinski definition) is 6. The third kappa shape index (κ3) is 7.06. The third-order valence-electron chi connectivity index (χ3n) is 7.21. The Morgan fingerprint density at radius 1 is 0.579 bits per heavy atom. The van der Waals surface area contributed by atoms with Crippen LogP contribution in [0.5, 0.6) is 34.5 Å². The van der Waals surface area contributed by atoms with Crippen LogP contribution >= 0.6 is 0 Å². The number of hydrogen-bond donors (Lipinski definition) is 5. The fourth-order valence-electron chi connectivity index (χ4n) is 5.03. The zero-order valence-corrected chi connectivity index (χ0v) is 22.8. The highest BCUT2D eigenvalue weighted by molar-refractivity contribution is 5.59. The van der Waals surface area contributed by atoms with Crippen molar-refractivity contribution in [3.63, 3.8) is 0 Å². The van der Waals surface area contributed by atoms with E-state index >= 15 is 0 Å². The predicted octanol–water partition coefficient (Wildman–Crippen LogP) is 7.65. The predicted molar refractivity (Wildman–Crippen MR) is 151 cm³/mol. The molecule has 0 aliphatic carbocycles. The van der Waals surface area contributed by atoms with Gasteiger partial charge in [0.2, 0.25) is 0 Å². The molecule has 0 amide bonds. The summed E-state index contributed by atoms with van der Waals surface area (Å²) in [6, 6.07) is 11.2. The van der Waals surface area contributed by atoms with Gasteiger partial charge in [0.15, 0.2) is 11.5 Å². The Hall–Kier alpha value is -3.54. The average molecular weight is 523 g/mol. The van der Waals surface area contributed by atoms with Crippen LogP contribution in [0.15, 0.2) is 42.5 Å². The largest absolute Gasteiger partial charge is 0.508 e. The van der Waals surface area contributed by atoms with Crippen molar-refractivity contribution in [1.29, 1.82) is 0 Å². The fraction of sp³-hybridized carbons (Fsp3) is 0.438. The van der Waals surface area contributed by atoms with Crippen molar-refractivity contribution in [3.05, 3.63) is 70.3 Å². The lowest BCUT2D eigenvalue weighted by Crippen LogP contribution is -2.07. The van der Waals surface area contributed by atoms with E-state index in [2.05, 4.69) is 13.8 Å². The highest BCUT2D eigenvalue weighted by Gasteiger charge is 2.27. The molecule has 0 aromatic heterocycles. The van der Waals surface area contributed by atoms with Crippen LogP contribution in [0.4, 0.5) is 0 Å². The second kappa shape index (κ2) is 13.8. The second-order valence-corrected chi connectivity index (χ2v) is 10.1. The van der Waals surface area contributed by atoms with Gasteiger partial charge in [-0.15, -0.1) is 0 Å². The van der Waals surface area contributed by atoms with E-state index in [4.69, 9.17) is 4.74 Å². The van der Waals surface area contributed by atoms with Crippen molar-refractivity contribution < 1.29 is 30.3 Å². The topological polar surface area (TPSA) is 110 Å². The Bertz CT molecular complexity index is 1140. The van der Waals surface area contributed by atoms with Gasteiger partial charge in [0.25, 0.3) is 0 Å². The van der Waals surface area contributed by atoms with Gasteiger partial charge in [-0.3, -0.25) is 0 Å². The van der Waals surface area contributed by atoms with Crippen molar-refractivity contribution in [2.45, 2.75) is 84.0 Å². The van der Waals surface area contributed by atoms with E-state index in [0.717, 1.165) is 62.5 Å². The Labute approximate surface area is 226 Å². The summed E-state index contributed by atoms with van der Waals surface area (Å²) < 4.78 is 5.35. The zero-order valence-electron chi connectivity index (χ0n) is 22.8. The SMILES string of the molecule is CCCCCCc1cc(C(c2ccc(O)c(OC)c2)c2cc(CCCCCC)c(O)cc2O)c(O)cc1O. The number of aromatic hydroxyl groups is 5. The first-order valence-electron chi connectivity index (χ1n) is 13.8. The molecule has 0 spiro atoms. The van der Waals surface area contributed by atoms with Crippen molar-refractivity contribution >= 4 is 0 Å². The molecule has 0 heterocycles. The summed E-state index contributed by atoms with van der Waals surface area (Å²) in [6.07, 6.45) is 9.69. The number of unbranched alkanes of at least 4 members (excludes halogenated alkanes) is 6. The minimum absolute atomic E-state index is 0.0203. The van der Waals surface area contributed by atoms with E-state index in [9.17, 15) is 25.5 Å². The minimum Gasteiger partial charge on any atom is -0.508 e. The molecule has 206 valence electrons. The summed E-state index contributed by atoms with van der Waals surface area (Å²) in [5, 5.41) is 53.5. The van der Waals surface area contributed by atoms with Gasteiger partial charge in [-0.2, -0.15) is 0 Å². The molecule has 0 unspecified atom stereocenters. The van der Waals surface area contributed by atoms with Crippen LogP contribution in [0.25, 0.3) is 0 Å². The Kier molecular flexibility index (Phi) is 10.6. The van der Waals surface area contributed by atoms with Crippen molar-refractivity contribution in [2.75, 3.05) is 7.11 Å². The summed E-state index contributed by atoms with van der Waals surface area (Å²) in [6.45, 7) is 4.30. The van der Waals surface area contributed by atoms with Gasteiger partial charge in [-0.05, 0) is 66.6 Å². The van der Waals surface area contributed by atoms with Crippen LogP contribution < -0.4 is 4.74 Å². The molecule has 0 saturated carbocycles. The standard InChI is InChI=1S/C32H42O6/c1-4-6-8-10-12-21-16-24(29(36)19-27(21)34)32(23-14-15-26(33)31(18-23)38-3)25-17-22(13-11-9-7-5-2)28(35)20-30(25)37/h14-20,32-37H,4-13H2,1-3H3. The zero-order chi connectivity index (χ0) is 27.7. The number of aryl methyl sites for hydroxylation is 2. The maximum absolute atomic E-state index is 11.0. The molecule has 0 saturated heterocycles. The molecule has 0 radical (unpaired) electrons. The Balaban J connectivity index is 2.15. The third-order valence-corrected chi connectivity index (χ3v) is 7.21. The molecule has 38 heavy (non-hydrogen) atoms. The number of methoxy groups -OCH3 is 1. The number of rotatable bonds is 14. The van der Waals surface area contributed by atoms with Crippen LogP contribution in [-0.2, 0) is 12.8 Å². The highest BCUT2D eigenvalue weighted by Crippen LogP contribution is 2.46. The van der Waals surface area contributed by atoms with Crippen LogP contribution in [0, 0.1) is 0 Å². The number of phenolic OH excluding ortho intramolecular Hbond substituents is 5. The highest BCUT2D eigenvalue weighted by atomic mass is 16.5. The van der Waals surface area contributed by atoms with Crippen molar-refractivity contribution in [3.8, 4) is 34.5 Å². The van der Waals surface area contributed by atoms with Gasteiger partial charge < -0.3 is 30.3 Å². The van der Waals surface area contributed by atoms with Crippen LogP contribution in [0.3, 0.4) is 0 Å².